The highest BCUT2D eigenvalue weighted by Gasteiger charge is 2.30. The quantitative estimate of drug-likeness (QED) is 0.168. The number of para-hydroxylation sites is 1. The van der Waals surface area contributed by atoms with Crippen molar-refractivity contribution in [1.29, 1.82) is 0 Å². The molecule has 1 unspecified atom stereocenters. The molecular formula is C54H38N2OS. The van der Waals surface area contributed by atoms with E-state index in [1.54, 1.807) is 0 Å². The zero-order chi connectivity index (χ0) is 38.2. The van der Waals surface area contributed by atoms with E-state index in [1.807, 2.05) is 11.8 Å². The van der Waals surface area contributed by atoms with Gasteiger partial charge in [0.05, 0.1) is 22.1 Å². The second kappa shape index (κ2) is 13.4. The Labute approximate surface area is 341 Å². The Balaban J connectivity index is 0.994. The van der Waals surface area contributed by atoms with E-state index >= 15 is 0 Å². The minimum Gasteiger partial charge on any atom is -0.457 e. The van der Waals surface area contributed by atoms with Crippen molar-refractivity contribution >= 4 is 72.2 Å². The lowest BCUT2D eigenvalue weighted by atomic mass is 9.95. The molecule has 7 aromatic carbocycles. The third-order valence-electron chi connectivity index (χ3n) is 12.1. The Hall–Kier alpha value is -6.75. The summed E-state index contributed by atoms with van der Waals surface area (Å²) in [6, 6.07) is 57.2. The zero-order valence-electron chi connectivity index (χ0n) is 31.8. The number of rotatable bonds is 6. The van der Waals surface area contributed by atoms with Crippen LogP contribution in [0.4, 0.5) is 0 Å². The van der Waals surface area contributed by atoms with E-state index in [4.69, 9.17) is 4.74 Å². The van der Waals surface area contributed by atoms with Crippen LogP contribution in [0.15, 0.2) is 193 Å². The Bertz CT molecular complexity index is 3250. The van der Waals surface area contributed by atoms with Crippen molar-refractivity contribution in [1.82, 2.24) is 9.13 Å². The molecule has 1 aliphatic heterocycles. The average Bonchev–Trinajstić information content (AvgIpc) is 3.94. The molecule has 3 aliphatic rings. The Kier molecular flexibility index (Phi) is 7.74. The van der Waals surface area contributed by atoms with Gasteiger partial charge >= 0.3 is 0 Å². The van der Waals surface area contributed by atoms with Gasteiger partial charge in [-0.05, 0) is 138 Å². The lowest BCUT2D eigenvalue weighted by Gasteiger charge is -2.19. The van der Waals surface area contributed by atoms with Gasteiger partial charge < -0.3 is 13.9 Å². The summed E-state index contributed by atoms with van der Waals surface area (Å²) in [5.41, 5.74) is 15.0. The topological polar surface area (TPSA) is 19.1 Å². The van der Waals surface area contributed by atoms with Gasteiger partial charge in [0.1, 0.15) is 11.5 Å². The van der Waals surface area contributed by atoms with Crippen LogP contribution in [0, 0.1) is 0 Å². The lowest BCUT2D eigenvalue weighted by molar-refractivity contribution is 0.484. The molecule has 4 heteroatoms. The van der Waals surface area contributed by atoms with Gasteiger partial charge in [-0.3, -0.25) is 0 Å². The van der Waals surface area contributed by atoms with E-state index < -0.39 is 0 Å². The summed E-state index contributed by atoms with van der Waals surface area (Å²) >= 11 is 2.00. The fraction of sp³-hybridized carbons (Fsp3) is 0.0741. The van der Waals surface area contributed by atoms with Gasteiger partial charge in [-0.15, -0.1) is 11.8 Å². The third kappa shape index (κ3) is 5.43. The van der Waals surface area contributed by atoms with Gasteiger partial charge in [0.25, 0.3) is 0 Å². The van der Waals surface area contributed by atoms with Crippen LogP contribution in [0.5, 0.6) is 11.5 Å². The SMILES string of the molecule is C1=CCCC(c2ccc3c(c2)c2cc(Oc4ccc5c(c4)c4cc(-c6ccccc6)ccc4n5-c4ccccc4)ccc2n3C2=CCC3Sc4ccccc4C3=C2)=C1. The lowest BCUT2D eigenvalue weighted by Crippen LogP contribution is -2.07. The maximum absolute atomic E-state index is 6.85. The molecule has 0 amide bonds. The van der Waals surface area contributed by atoms with E-state index in [0.717, 1.165) is 47.4 Å². The van der Waals surface area contributed by atoms with Gasteiger partial charge in [0.2, 0.25) is 0 Å². The van der Waals surface area contributed by atoms with Crippen molar-refractivity contribution in [3.05, 3.63) is 199 Å². The molecule has 2 aromatic heterocycles. The number of aromatic nitrogens is 2. The monoisotopic (exact) mass is 762 g/mol. The van der Waals surface area contributed by atoms with Gasteiger partial charge in [-0.25, -0.2) is 0 Å². The maximum atomic E-state index is 6.85. The summed E-state index contributed by atoms with van der Waals surface area (Å²) in [6.45, 7) is 0. The van der Waals surface area contributed by atoms with Crippen LogP contribution in [0.1, 0.15) is 30.4 Å². The predicted octanol–water partition coefficient (Wildman–Crippen LogP) is 14.9. The molecule has 0 spiro atoms. The minimum atomic E-state index is 0.469. The molecule has 0 saturated heterocycles. The molecule has 0 radical (unpaired) electrons. The van der Waals surface area contributed by atoms with Crippen molar-refractivity contribution in [3.8, 4) is 28.3 Å². The summed E-state index contributed by atoms with van der Waals surface area (Å²) in [5.74, 6) is 1.64. The number of benzene rings is 7. The summed E-state index contributed by atoms with van der Waals surface area (Å²) in [4.78, 5) is 1.39. The van der Waals surface area contributed by atoms with Crippen LogP contribution in [0.3, 0.4) is 0 Å². The fourth-order valence-electron chi connectivity index (χ4n) is 9.40. The van der Waals surface area contributed by atoms with Gasteiger partial charge in [-0.2, -0.15) is 0 Å². The first-order valence-electron chi connectivity index (χ1n) is 20.2. The summed E-state index contributed by atoms with van der Waals surface area (Å²) in [7, 11) is 0. The molecule has 0 fully saturated rings. The van der Waals surface area contributed by atoms with Crippen LogP contribution in [0.2, 0.25) is 0 Å². The Morgan fingerprint density at radius 1 is 0.552 bits per heavy atom. The van der Waals surface area contributed by atoms with E-state index in [0.29, 0.717) is 5.25 Å². The molecule has 276 valence electrons. The van der Waals surface area contributed by atoms with E-state index in [2.05, 4.69) is 197 Å². The molecule has 9 aromatic rings. The number of hydrogen-bond donors (Lipinski definition) is 0. The molecule has 2 aliphatic carbocycles. The first-order valence-corrected chi connectivity index (χ1v) is 21.1. The van der Waals surface area contributed by atoms with Crippen LogP contribution < -0.4 is 4.74 Å². The molecule has 1 atom stereocenters. The minimum absolute atomic E-state index is 0.469. The molecule has 0 bridgehead atoms. The number of thioether (sulfide) groups is 1. The summed E-state index contributed by atoms with van der Waals surface area (Å²) in [6.07, 6.45) is 14.7. The standard InChI is InChI=1S/C54H38N2OS/c1-4-12-35(13-5-1)37-20-25-49-44(30-37)46-33-41(23-27-51(46)55(49)39-16-8-3-9-17-39)57-42-24-28-52-47(34-42)45-31-38(36-14-6-2-7-15-36)21-26-50(45)56(52)40-22-29-54-48(32-40)43-18-10-11-19-53(43)58-54/h1-6,8-14,16-28,30-34,54H,7,15,29H2. The molecular weight excluding hydrogens is 725 g/mol. The summed E-state index contributed by atoms with van der Waals surface area (Å²) < 4.78 is 11.7. The first kappa shape index (κ1) is 33.4. The highest BCUT2D eigenvalue weighted by Crippen LogP contribution is 2.50. The summed E-state index contributed by atoms with van der Waals surface area (Å²) in [5, 5.41) is 5.26. The van der Waals surface area contributed by atoms with E-state index in [9.17, 15) is 0 Å². The maximum Gasteiger partial charge on any atom is 0.128 e. The second-order valence-electron chi connectivity index (χ2n) is 15.5. The second-order valence-corrected chi connectivity index (χ2v) is 16.8. The van der Waals surface area contributed by atoms with E-state index in [1.165, 1.54) is 76.7 Å². The number of hydrogen-bond acceptors (Lipinski definition) is 2. The first-order chi connectivity index (χ1) is 28.7. The van der Waals surface area contributed by atoms with Gasteiger partial charge in [0.15, 0.2) is 0 Å². The fourth-order valence-corrected chi connectivity index (χ4v) is 10.7. The highest BCUT2D eigenvalue weighted by molar-refractivity contribution is 8.00. The number of nitrogens with zero attached hydrogens (tertiary/aromatic N) is 2. The number of allylic oxidation sites excluding steroid dienone is 7. The van der Waals surface area contributed by atoms with Gasteiger partial charge in [0, 0.05) is 43.1 Å². The molecule has 3 heterocycles. The molecule has 0 N–H and O–H groups in total. The van der Waals surface area contributed by atoms with Crippen molar-refractivity contribution in [2.75, 3.05) is 0 Å². The van der Waals surface area contributed by atoms with Crippen molar-refractivity contribution in [2.45, 2.75) is 29.4 Å². The average molecular weight is 763 g/mol. The van der Waals surface area contributed by atoms with Crippen LogP contribution >= 0.6 is 11.8 Å². The Morgan fingerprint density at radius 3 is 1.90 bits per heavy atom. The highest BCUT2D eigenvalue weighted by atomic mass is 32.2. The van der Waals surface area contributed by atoms with Crippen LogP contribution in [0.25, 0.3) is 77.3 Å². The number of fused-ring (bicyclic) bond motifs is 9. The van der Waals surface area contributed by atoms with Crippen molar-refractivity contribution in [2.24, 2.45) is 0 Å². The smallest absolute Gasteiger partial charge is 0.128 e. The molecule has 58 heavy (non-hydrogen) atoms. The molecule has 12 rings (SSSR count). The van der Waals surface area contributed by atoms with Crippen LogP contribution in [-0.2, 0) is 0 Å². The molecule has 0 saturated carbocycles. The Morgan fingerprint density at radius 2 is 1.17 bits per heavy atom. The predicted molar refractivity (Wildman–Crippen MR) is 245 cm³/mol. The molecule has 3 nitrogen and oxygen atoms in total. The number of ether oxygens (including phenoxy) is 1. The normalized spacial score (nSPS) is 16.1. The third-order valence-corrected chi connectivity index (χ3v) is 13.5. The van der Waals surface area contributed by atoms with Crippen molar-refractivity contribution < 1.29 is 4.74 Å². The van der Waals surface area contributed by atoms with Crippen molar-refractivity contribution in [3.63, 3.8) is 0 Å². The van der Waals surface area contributed by atoms with Crippen LogP contribution in [-0.4, -0.2) is 14.4 Å². The van der Waals surface area contributed by atoms with Gasteiger partial charge in [-0.1, -0.05) is 103 Å². The zero-order valence-corrected chi connectivity index (χ0v) is 32.6. The van der Waals surface area contributed by atoms with E-state index in [-0.39, 0.29) is 0 Å². The largest absolute Gasteiger partial charge is 0.457 e.